The van der Waals surface area contributed by atoms with E-state index in [1.807, 2.05) is 45.0 Å². The number of ether oxygens (including phenoxy) is 1. The Morgan fingerprint density at radius 3 is 2.50 bits per heavy atom. The van der Waals surface area contributed by atoms with Crippen molar-refractivity contribution in [3.63, 3.8) is 0 Å². The summed E-state index contributed by atoms with van der Waals surface area (Å²) in [6.07, 6.45) is 0.838. The predicted molar refractivity (Wildman–Crippen MR) is 111 cm³/mol. The van der Waals surface area contributed by atoms with Crippen LogP contribution in [-0.2, 0) is 11.2 Å². The van der Waals surface area contributed by atoms with Crippen LogP contribution in [0.15, 0.2) is 48.5 Å². The number of carbonyl (C=O) groups is 2. The summed E-state index contributed by atoms with van der Waals surface area (Å²) < 4.78 is 5.40. The maximum atomic E-state index is 13.1. The highest BCUT2D eigenvalue weighted by atomic mass is 16.5. The lowest BCUT2D eigenvalue weighted by Gasteiger charge is -2.27. The Morgan fingerprint density at radius 2 is 1.82 bits per heavy atom. The highest BCUT2D eigenvalue weighted by Crippen LogP contribution is 2.28. The second-order valence-corrected chi connectivity index (χ2v) is 7.15. The van der Waals surface area contributed by atoms with Gasteiger partial charge in [-0.05, 0) is 55.2 Å². The van der Waals surface area contributed by atoms with E-state index in [9.17, 15) is 9.59 Å². The quantitative estimate of drug-likeness (QED) is 0.799. The molecule has 0 aromatic heterocycles. The van der Waals surface area contributed by atoms with Crippen molar-refractivity contribution in [1.82, 2.24) is 5.32 Å². The molecule has 0 fully saturated rings. The van der Waals surface area contributed by atoms with Gasteiger partial charge in [-0.1, -0.05) is 32.0 Å². The molecule has 0 radical (unpaired) electrons. The maximum Gasteiger partial charge on any atom is 0.319 e. The Labute approximate surface area is 165 Å². The highest BCUT2D eigenvalue weighted by Gasteiger charge is 2.32. The van der Waals surface area contributed by atoms with Crippen LogP contribution in [0, 0.1) is 5.92 Å². The van der Waals surface area contributed by atoms with Crippen LogP contribution >= 0.6 is 0 Å². The van der Waals surface area contributed by atoms with Crippen LogP contribution in [0.5, 0.6) is 5.75 Å². The molecule has 1 aliphatic heterocycles. The van der Waals surface area contributed by atoms with Crippen LogP contribution in [-0.4, -0.2) is 31.1 Å². The summed E-state index contributed by atoms with van der Waals surface area (Å²) in [6.45, 7) is 7.01. The third-order valence-electron chi connectivity index (χ3n) is 4.80. The Hall–Kier alpha value is -3.02. The molecule has 1 aliphatic rings. The number of hydrogen-bond donors (Lipinski definition) is 2. The lowest BCUT2D eigenvalue weighted by Crippen LogP contribution is -2.52. The van der Waals surface area contributed by atoms with Crippen molar-refractivity contribution in [2.45, 2.75) is 33.2 Å². The molecule has 1 heterocycles. The molecule has 0 bridgehead atoms. The molecule has 1 atom stereocenters. The molecule has 6 nitrogen and oxygen atoms in total. The first kappa shape index (κ1) is 19.7. The van der Waals surface area contributed by atoms with E-state index in [1.165, 1.54) is 0 Å². The molecule has 2 N–H and O–H groups in total. The zero-order valence-electron chi connectivity index (χ0n) is 16.6. The summed E-state index contributed by atoms with van der Waals surface area (Å²) in [5.74, 6) is 0.629. The molecule has 28 heavy (non-hydrogen) atoms. The summed E-state index contributed by atoms with van der Waals surface area (Å²) in [6, 6.07) is 14.0. The zero-order valence-corrected chi connectivity index (χ0v) is 16.6. The van der Waals surface area contributed by atoms with Gasteiger partial charge in [-0.2, -0.15) is 0 Å². The Morgan fingerprint density at radius 1 is 1.11 bits per heavy atom. The zero-order chi connectivity index (χ0) is 20.1. The number of amides is 3. The first-order chi connectivity index (χ1) is 13.5. The average molecular weight is 381 g/mol. The topological polar surface area (TPSA) is 70.7 Å². The molecule has 0 saturated heterocycles. The minimum absolute atomic E-state index is 0.0358. The molecular formula is C22H27N3O3. The number of carbonyl (C=O) groups excluding carboxylic acids is 2. The van der Waals surface area contributed by atoms with Crippen molar-refractivity contribution in [2.75, 3.05) is 23.4 Å². The SMILES string of the molecule is CCOc1ccc(NC(=O)NC(C(=O)N2CCc3ccccc32)C(C)C)cc1. The second-order valence-electron chi connectivity index (χ2n) is 7.15. The van der Waals surface area contributed by atoms with Crippen molar-refractivity contribution in [1.29, 1.82) is 0 Å². The summed E-state index contributed by atoms with van der Waals surface area (Å²) in [7, 11) is 0. The Balaban J connectivity index is 1.66. The van der Waals surface area contributed by atoms with Crippen LogP contribution in [0.3, 0.4) is 0 Å². The van der Waals surface area contributed by atoms with Crippen molar-refractivity contribution < 1.29 is 14.3 Å². The van der Waals surface area contributed by atoms with Gasteiger partial charge in [0, 0.05) is 17.9 Å². The minimum Gasteiger partial charge on any atom is -0.494 e. The average Bonchev–Trinajstić information content (AvgIpc) is 3.11. The molecule has 1 unspecified atom stereocenters. The van der Waals surface area contributed by atoms with E-state index in [2.05, 4.69) is 10.6 Å². The van der Waals surface area contributed by atoms with Gasteiger partial charge in [0.05, 0.1) is 6.61 Å². The van der Waals surface area contributed by atoms with Gasteiger partial charge in [-0.25, -0.2) is 4.79 Å². The van der Waals surface area contributed by atoms with E-state index in [-0.39, 0.29) is 11.8 Å². The van der Waals surface area contributed by atoms with E-state index in [4.69, 9.17) is 4.74 Å². The van der Waals surface area contributed by atoms with Gasteiger partial charge >= 0.3 is 6.03 Å². The Bertz CT molecular complexity index is 833. The standard InChI is InChI=1S/C22H27N3O3/c1-4-28-18-11-9-17(10-12-18)23-22(27)24-20(15(2)3)21(26)25-14-13-16-7-5-6-8-19(16)25/h5-12,15,20H,4,13-14H2,1-3H3,(H2,23,24,27). The number of fused-ring (bicyclic) bond motifs is 1. The maximum absolute atomic E-state index is 13.1. The first-order valence-electron chi connectivity index (χ1n) is 9.69. The number of anilines is 2. The third kappa shape index (κ3) is 4.44. The molecule has 3 amide bonds. The number of rotatable bonds is 6. The van der Waals surface area contributed by atoms with E-state index in [1.54, 1.807) is 29.2 Å². The molecule has 148 valence electrons. The highest BCUT2D eigenvalue weighted by molar-refractivity contribution is 6.02. The molecule has 3 rings (SSSR count). The van der Waals surface area contributed by atoms with Gasteiger partial charge in [-0.15, -0.1) is 0 Å². The summed E-state index contributed by atoms with van der Waals surface area (Å²) in [5.41, 5.74) is 2.74. The molecule has 0 aliphatic carbocycles. The van der Waals surface area contributed by atoms with E-state index in [0.29, 0.717) is 18.8 Å². The minimum atomic E-state index is -0.603. The fourth-order valence-corrected chi connectivity index (χ4v) is 3.36. The van der Waals surface area contributed by atoms with Crippen LogP contribution in [0.1, 0.15) is 26.3 Å². The van der Waals surface area contributed by atoms with Crippen molar-refractivity contribution in [3.8, 4) is 5.75 Å². The van der Waals surface area contributed by atoms with Crippen molar-refractivity contribution in [3.05, 3.63) is 54.1 Å². The number of nitrogens with zero attached hydrogens (tertiary/aromatic N) is 1. The van der Waals surface area contributed by atoms with Crippen molar-refractivity contribution >= 4 is 23.3 Å². The molecule has 2 aromatic carbocycles. The predicted octanol–water partition coefficient (Wildman–Crippen LogP) is 3.82. The van der Waals surface area contributed by atoms with Gasteiger partial charge in [0.1, 0.15) is 11.8 Å². The third-order valence-corrected chi connectivity index (χ3v) is 4.80. The largest absolute Gasteiger partial charge is 0.494 e. The van der Waals surface area contributed by atoms with Crippen LogP contribution in [0.2, 0.25) is 0 Å². The van der Waals surface area contributed by atoms with E-state index >= 15 is 0 Å². The van der Waals surface area contributed by atoms with E-state index in [0.717, 1.165) is 23.4 Å². The number of nitrogens with one attached hydrogen (secondary N) is 2. The molecule has 2 aromatic rings. The normalized spacial score (nSPS) is 13.8. The van der Waals surface area contributed by atoms with Gasteiger partial charge < -0.3 is 20.3 Å². The fourth-order valence-electron chi connectivity index (χ4n) is 3.36. The van der Waals surface area contributed by atoms with Gasteiger partial charge in [0.15, 0.2) is 0 Å². The van der Waals surface area contributed by atoms with Crippen molar-refractivity contribution in [2.24, 2.45) is 5.92 Å². The van der Waals surface area contributed by atoms with Gasteiger partial charge in [0.25, 0.3) is 0 Å². The monoisotopic (exact) mass is 381 g/mol. The molecule has 0 saturated carbocycles. The smallest absolute Gasteiger partial charge is 0.319 e. The van der Waals surface area contributed by atoms with Crippen LogP contribution < -0.4 is 20.3 Å². The first-order valence-corrected chi connectivity index (χ1v) is 9.69. The summed E-state index contributed by atoms with van der Waals surface area (Å²) in [4.78, 5) is 27.4. The van der Waals surface area contributed by atoms with E-state index < -0.39 is 12.1 Å². The lowest BCUT2D eigenvalue weighted by atomic mass is 10.0. The number of benzene rings is 2. The van der Waals surface area contributed by atoms with Crippen LogP contribution in [0.4, 0.5) is 16.2 Å². The lowest BCUT2D eigenvalue weighted by molar-refractivity contribution is -0.121. The summed E-state index contributed by atoms with van der Waals surface area (Å²) >= 11 is 0. The Kier molecular flexibility index (Phi) is 6.19. The number of hydrogen-bond acceptors (Lipinski definition) is 3. The van der Waals surface area contributed by atoms with Crippen LogP contribution in [0.25, 0.3) is 0 Å². The molecular weight excluding hydrogens is 354 g/mol. The summed E-state index contributed by atoms with van der Waals surface area (Å²) in [5, 5.41) is 5.62. The number of para-hydroxylation sites is 1. The molecule has 0 spiro atoms. The molecule has 6 heteroatoms. The van der Waals surface area contributed by atoms with Gasteiger partial charge in [0.2, 0.25) is 5.91 Å². The second kappa shape index (κ2) is 8.78. The number of urea groups is 1. The van der Waals surface area contributed by atoms with Gasteiger partial charge in [-0.3, -0.25) is 4.79 Å². The fraction of sp³-hybridized carbons (Fsp3) is 0.364.